The van der Waals surface area contributed by atoms with Crippen molar-refractivity contribution >= 4 is 44.9 Å². The Hall–Kier alpha value is -3.98. The molecule has 8 nitrogen and oxygen atoms in total. The van der Waals surface area contributed by atoms with E-state index in [0.29, 0.717) is 37.6 Å². The van der Waals surface area contributed by atoms with Crippen LogP contribution in [0.25, 0.3) is 21.8 Å². The van der Waals surface area contributed by atoms with Crippen molar-refractivity contribution in [3.05, 3.63) is 76.9 Å². The zero-order chi connectivity index (χ0) is 23.3. The number of hydrogen-bond donors (Lipinski definition) is 2. The van der Waals surface area contributed by atoms with Gasteiger partial charge in [0.2, 0.25) is 0 Å². The number of thiophene rings is 1. The van der Waals surface area contributed by atoms with E-state index in [1.54, 1.807) is 22.2 Å². The lowest BCUT2D eigenvalue weighted by atomic mass is 10.0. The number of hydrogen-bond acceptors (Lipinski definition) is 7. The predicted molar refractivity (Wildman–Crippen MR) is 134 cm³/mol. The van der Waals surface area contributed by atoms with Crippen LogP contribution in [-0.2, 0) is 13.1 Å². The number of nitrogens with one attached hydrogen (secondary N) is 2. The molecule has 2 N–H and O–H groups in total. The molecule has 172 valence electrons. The van der Waals surface area contributed by atoms with Gasteiger partial charge in [-0.25, -0.2) is 14.6 Å². The number of fused-ring (bicyclic) bond motifs is 2. The zero-order valence-corrected chi connectivity index (χ0v) is 19.5. The number of anilines is 1. The molecule has 0 aliphatic heterocycles. The van der Waals surface area contributed by atoms with E-state index >= 15 is 0 Å². The number of aromatic nitrogens is 4. The Morgan fingerprint density at radius 3 is 2.85 bits per heavy atom. The summed E-state index contributed by atoms with van der Waals surface area (Å²) in [6, 6.07) is 15.7. The lowest BCUT2D eigenvalue weighted by Crippen LogP contribution is -2.28. The van der Waals surface area contributed by atoms with Crippen LogP contribution in [0.1, 0.15) is 22.2 Å². The fraction of sp³-hybridized carbons (Fsp3) is 0.200. The van der Waals surface area contributed by atoms with Crippen molar-refractivity contribution in [1.29, 1.82) is 0 Å². The van der Waals surface area contributed by atoms with E-state index < -0.39 is 0 Å². The van der Waals surface area contributed by atoms with Crippen molar-refractivity contribution in [3.8, 4) is 5.75 Å². The second kappa shape index (κ2) is 9.88. The van der Waals surface area contributed by atoms with Crippen LogP contribution in [0.3, 0.4) is 0 Å². The van der Waals surface area contributed by atoms with Gasteiger partial charge < -0.3 is 15.4 Å². The maximum atomic E-state index is 13.1. The summed E-state index contributed by atoms with van der Waals surface area (Å²) in [5.74, 6) is 1.15. The Labute approximate surface area is 200 Å². The van der Waals surface area contributed by atoms with E-state index in [1.807, 2.05) is 49.4 Å². The highest BCUT2D eigenvalue weighted by Crippen LogP contribution is 2.28. The second-order valence-corrected chi connectivity index (χ2v) is 8.64. The Morgan fingerprint density at radius 1 is 1.09 bits per heavy atom. The van der Waals surface area contributed by atoms with Gasteiger partial charge in [-0.2, -0.15) is 5.10 Å². The first kappa shape index (κ1) is 21.8. The summed E-state index contributed by atoms with van der Waals surface area (Å²) in [7, 11) is 0. The predicted octanol–water partition coefficient (Wildman–Crippen LogP) is 4.48. The molecule has 0 bridgehead atoms. The lowest BCUT2D eigenvalue weighted by molar-refractivity contribution is 0.0950. The molecule has 0 radical (unpaired) electrons. The van der Waals surface area contributed by atoms with Crippen molar-refractivity contribution in [2.75, 3.05) is 18.5 Å². The van der Waals surface area contributed by atoms with Crippen LogP contribution in [0.15, 0.2) is 66.4 Å². The first-order chi connectivity index (χ1) is 16.7. The van der Waals surface area contributed by atoms with E-state index in [2.05, 4.69) is 37.1 Å². The number of amides is 1. The molecule has 0 saturated carbocycles. The Balaban J connectivity index is 1.30. The molecule has 0 aliphatic rings. The Bertz CT molecular complexity index is 1430. The molecule has 5 aromatic rings. The third kappa shape index (κ3) is 4.42. The minimum Gasteiger partial charge on any atom is -0.493 e. The minimum absolute atomic E-state index is 0.176. The molecule has 3 aromatic heterocycles. The molecule has 0 atom stereocenters. The first-order valence-corrected chi connectivity index (χ1v) is 12.0. The van der Waals surface area contributed by atoms with Crippen LogP contribution in [0.5, 0.6) is 5.75 Å². The fourth-order valence-electron chi connectivity index (χ4n) is 3.91. The van der Waals surface area contributed by atoms with E-state index in [1.165, 1.54) is 11.2 Å². The van der Waals surface area contributed by atoms with E-state index in [9.17, 15) is 4.79 Å². The number of ether oxygens (including phenoxy) is 1. The van der Waals surface area contributed by atoms with E-state index in [-0.39, 0.29) is 5.91 Å². The minimum atomic E-state index is -0.176. The van der Waals surface area contributed by atoms with Crippen LogP contribution in [0.2, 0.25) is 0 Å². The van der Waals surface area contributed by atoms with Crippen LogP contribution in [0, 0.1) is 0 Å². The molecule has 0 unspecified atom stereocenters. The highest BCUT2D eigenvalue weighted by atomic mass is 32.1. The maximum absolute atomic E-state index is 13.1. The SMILES string of the molecule is CCOc1ccc2ccccc2c1C(=O)NCCn1ncc2c(NCc3cccs3)ncnc21. The summed E-state index contributed by atoms with van der Waals surface area (Å²) < 4.78 is 7.52. The molecule has 34 heavy (non-hydrogen) atoms. The van der Waals surface area contributed by atoms with Crippen LogP contribution in [0.4, 0.5) is 5.82 Å². The van der Waals surface area contributed by atoms with Crippen molar-refractivity contribution < 1.29 is 9.53 Å². The van der Waals surface area contributed by atoms with Gasteiger partial charge in [-0.3, -0.25) is 4.79 Å². The maximum Gasteiger partial charge on any atom is 0.255 e. The highest BCUT2D eigenvalue weighted by molar-refractivity contribution is 7.09. The van der Waals surface area contributed by atoms with Gasteiger partial charge in [0.05, 0.1) is 36.8 Å². The summed E-state index contributed by atoms with van der Waals surface area (Å²) in [5.41, 5.74) is 1.27. The molecule has 0 aliphatic carbocycles. The first-order valence-electron chi connectivity index (χ1n) is 11.1. The van der Waals surface area contributed by atoms with Crippen LogP contribution in [-0.4, -0.2) is 38.8 Å². The Kier molecular flexibility index (Phi) is 6.35. The van der Waals surface area contributed by atoms with Gasteiger partial charge in [0.25, 0.3) is 5.91 Å². The Morgan fingerprint density at radius 2 is 2.00 bits per heavy atom. The fourth-order valence-corrected chi connectivity index (χ4v) is 4.55. The van der Waals surface area contributed by atoms with Crippen LogP contribution < -0.4 is 15.4 Å². The summed E-state index contributed by atoms with van der Waals surface area (Å²) in [5, 5.41) is 15.6. The third-order valence-corrected chi connectivity index (χ3v) is 6.35. The lowest BCUT2D eigenvalue weighted by Gasteiger charge is -2.13. The smallest absolute Gasteiger partial charge is 0.255 e. The number of nitrogens with zero attached hydrogens (tertiary/aromatic N) is 4. The second-order valence-electron chi connectivity index (χ2n) is 7.61. The molecule has 5 rings (SSSR count). The van der Waals surface area contributed by atoms with Crippen molar-refractivity contribution in [1.82, 2.24) is 25.1 Å². The summed E-state index contributed by atoms with van der Waals surface area (Å²) in [6.45, 7) is 3.96. The molecular formula is C25H24N6O2S. The summed E-state index contributed by atoms with van der Waals surface area (Å²) in [4.78, 5) is 23.1. The van der Waals surface area contributed by atoms with Gasteiger partial charge in [0.1, 0.15) is 17.9 Å². The van der Waals surface area contributed by atoms with Crippen molar-refractivity contribution in [2.45, 2.75) is 20.0 Å². The van der Waals surface area contributed by atoms with Gasteiger partial charge in [-0.1, -0.05) is 36.4 Å². The third-order valence-electron chi connectivity index (χ3n) is 5.47. The highest BCUT2D eigenvalue weighted by Gasteiger charge is 2.17. The van der Waals surface area contributed by atoms with Gasteiger partial charge >= 0.3 is 0 Å². The average molecular weight is 473 g/mol. The van der Waals surface area contributed by atoms with Crippen molar-refractivity contribution in [2.24, 2.45) is 0 Å². The molecular weight excluding hydrogens is 448 g/mol. The molecule has 2 aromatic carbocycles. The largest absolute Gasteiger partial charge is 0.493 e. The molecule has 1 amide bonds. The molecule has 0 saturated heterocycles. The number of benzene rings is 2. The summed E-state index contributed by atoms with van der Waals surface area (Å²) >= 11 is 1.69. The van der Waals surface area contributed by atoms with Gasteiger partial charge in [0, 0.05) is 11.4 Å². The zero-order valence-electron chi connectivity index (χ0n) is 18.7. The number of carbonyl (C=O) groups excluding carboxylic acids is 1. The van der Waals surface area contributed by atoms with Crippen LogP contribution >= 0.6 is 11.3 Å². The average Bonchev–Trinajstić information content (AvgIpc) is 3.53. The van der Waals surface area contributed by atoms with Crippen molar-refractivity contribution in [3.63, 3.8) is 0 Å². The molecule has 9 heteroatoms. The number of rotatable bonds is 9. The number of carbonyl (C=O) groups is 1. The normalized spacial score (nSPS) is 11.1. The molecule has 0 fully saturated rings. The van der Waals surface area contributed by atoms with Gasteiger partial charge in [-0.05, 0) is 35.2 Å². The van der Waals surface area contributed by atoms with E-state index in [4.69, 9.17) is 4.74 Å². The molecule has 0 spiro atoms. The summed E-state index contributed by atoms with van der Waals surface area (Å²) in [6.07, 6.45) is 3.28. The standard InChI is InChI=1S/C25H24N6O2S/c1-2-33-21-10-9-17-6-3-4-8-19(17)22(21)25(32)26-11-12-31-24-20(15-30-31)23(28-16-29-24)27-14-18-7-5-13-34-18/h3-10,13,15-16H,2,11-12,14H2,1H3,(H,26,32)(H,27,28,29). The topological polar surface area (TPSA) is 94.0 Å². The van der Waals surface area contributed by atoms with Gasteiger partial charge in [-0.15, -0.1) is 11.3 Å². The monoisotopic (exact) mass is 472 g/mol. The molecule has 3 heterocycles. The van der Waals surface area contributed by atoms with E-state index in [0.717, 1.165) is 27.6 Å². The van der Waals surface area contributed by atoms with Gasteiger partial charge in [0.15, 0.2) is 5.65 Å². The quantitative estimate of drug-likeness (QED) is 0.328.